The highest BCUT2D eigenvalue weighted by atomic mass is 16.2. The van der Waals surface area contributed by atoms with Gasteiger partial charge in [0.25, 0.3) is 23.6 Å². The van der Waals surface area contributed by atoms with Crippen molar-refractivity contribution in [2.24, 2.45) is 0 Å². The van der Waals surface area contributed by atoms with E-state index in [-0.39, 0.29) is 35.7 Å². The van der Waals surface area contributed by atoms with E-state index in [1.165, 1.54) is 12.8 Å². The van der Waals surface area contributed by atoms with Gasteiger partial charge in [0.15, 0.2) is 45.9 Å². The molecular formula is C112H99N31O4. The predicted octanol–water partition coefficient (Wildman–Crippen LogP) is 18.3. The van der Waals surface area contributed by atoms with Crippen LogP contribution in [0.25, 0.3) is 222 Å². The van der Waals surface area contributed by atoms with Gasteiger partial charge in [0, 0.05) is 186 Å². The van der Waals surface area contributed by atoms with Crippen molar-refractivity contribution in [2.75, 3.05) is 81.6 Å². The number of nitrogens with one attached hydrogen (secondary N) is 11. The first-order valence-corrected chi connectivity index (χ1v) is 48.7. The van der Waals surface area contributed by atoms with Crippen molar-refractivity contribution in [3.8, 4) is 90.6 Å². The summed E-state index contributed by atoms with van der Waals surface area (Å²) in [6.45, 7) is 4.70. The molecule has 16 aromatic heterocycles. The van der Waals surface area contributed by atoms with E-state index in [0.29, 0.717) is 115 Å². The van der Waals surface area contributed by atoms with Crippen molar-refractivity contribution in [2.45, 2.75) is 50.6 Å². The number of imidazole rings is 4. The summed E-state index contributed by atoms with van der Waals surface area (Å²) < 4.78 is 0. The van der Waals surface area contributed by atoms with E-state index in [1.54, 1.807) is 11.0 Å². The molecule has 726 valence electrons. The number of aromatic nitrogens is 24. The van der Waals surface area contributed by atoms with Gasteiger partial charge in [-0.15, -0.1) is 0 Å². The topological polar surface area (TPSA) is 450 Å². The third-order valence-electron chi connectivity index (χ3n) is 27.3. The summed E-state index contributed by atoms with van der Waals surface area (Å²) in [5, 5.41) is 51.3. The molecule has 26 rings (SSSR count). The highest BCUT2D eigenvalue weighted by Crippen LogP contribution is 2.40. The minimum atomic E-state index is -0.151. The fourth-order valence-electron chi connectivity index (χ4n) is 19.5. The van der Waals surface area contributed by atoms with Crippen LogP contribution in [0, 0.1) is 0 Å². The molecule has 1 saturated heterocycles. The summed E-state index contributed by atoms with van der Waals surface area (Å²) in [6.07, 6.45) is 28.5. The second-order valence-corrected chi connectivity index (χ2v) is 37.7. The number of hydrogen-bond donors (Lipinski definition) is 11. The first-order chi connectivity index (χ1) is 72.0. The molecule has 0 bridgehead atoms. The standard InChI is InChI=1S/C29H26N8O.C28H26N8O.C28H23N7O.C27H24N8O/c1-37-11-9-19(10-12-37)32-29(38)21-7-4-8-24-25(21)34-28(33-24)26-22-13-18(15-31-27(22)36-35-26)23-16-30-14-17-5-2-3-6-20(17)23;1-35(2)11-12-36(3)28(37)20-9-6-10-23-24(20)32-27(31-23)25-21-13-18(15-30-26(21)34-33-25)22-16-29-14-17-7-4-5-8-19(17)22;36-28(31-18-7-2-3-8-18)20-10-5-11-23-24(20)33-27(32-23)25-21-12-17(14-30-26(21)35-34-25)22-15-29-13-16-6-1-4-9-19(16)22;1-35(2)11-10-29-27(36)19-8-5-9-22-23(19)32-26(31-22)24-20-12-17(14-30-25(20)34-33-24)21-15-28-13-16-6-3-4-7-18(16)21/h2-8,13-16,19H,9-12H2,1H3,(H,32,38)(H,33,34)(H,31,35,36);4-10,13-16H,11-12H2,1-3H3,(H,31,32)(H,30,33,34);1,4-6,9-15,18H,2-3,7-8H2,(H,31,36)(H,32,33)(H,30,34,35);3-9,12-15H,10-11H2,1-2H3,(H,29,36)(H,31,32)(H,30,33,34). The van der Waals surface area contributed by atoms with E-state index < -0.39 is 0 Å². The SMILES string of the molecule is CN(C)CCN(C)C(=O)c1cccc2[nH]c(-c3[nH]nc4ncc(-c5cncc6ccccc56)cc34)nc12.CN(C)CCNC(=O)c1cccc2[nH]c(-c3[nH]nc4ncc(-c5cncc6ccccc56)cc34)nc12.CN1CCC(NC(=O)c2cccc3[nH]c(-c4[nH]nc5ncc(-c6cncc7ccccc67)cc45)nc23)CC1.O=C(NC1CCCC1)c1cccc2[nH]c(-c3[nH]nc4ncc(-c5cncc6ccccc56)cc34)nc12. The number of pyridine rings is 8. The van der Waals surface area contributed by atoms with Crippen LogP contribution in [-0.4, -0.2) is 257 Å². The van der Waals surface area contributed by atoms with Crippen LogP contribution in [0.2, 0.25) is 0 Å². The molecule has 0 radical (unpaired) electrons. The molecule has 4 amide bonds. The molecule has 0 unspecified atom stereocenters. The monoisotopic (exact) mass is 1940 g/mol. The van der Waals surface area contributed by atoms with Gasteiger partial charge in [0.2, 0.25) is 0 Å². The Labute approximate surface area is 838 Å². The maximum atomic E-state index is 13.2. The molecule has 1 saturated carbocycles. The number of likely N-dealkylation sites (tertiary alicyclic amines) is 1. The Morgan fingerprint density at radius 2 is 0.639 bits per heavy atom. The smallest absolute Gasteiger partial charge is 0.255 e. The molecule has 0 atom stereocenters. The second-order valence-electron chi connectivity index (χ2n) is 37.7. The molecule has 2 aliphatic rings. The van der Waals surface area contributed by atoms with Gasteiger partial charge in [-0.05, 0) is 168 Å². The number of piperidine rings is 1. The lowest BCUT2D eigenvalue weighted by atomic mass is 10.0. The molecule has 1 aliphatic heterocycles. The second kappa shape index (κ2) is 39.8. The van der Waals surface area contributed by atoms with E-state index in [1.807, 2.05) is 248 Å². The number of benzene rings is 8. The number of likely N-dealkylation sites (N-methyl/N-ethyl adjacent to an activating group) is 3. The highest BCUT2D eigenvalue weighted by molar-refractivity contribution is 6.12. The zero-order chi connectivity index (χ0) is 99.9. The molecule has 1 aliphatic carbocycles. The van der Waals surface area contributed by atoms with Gasteiger partial charge < -0.3 is 55.5 Å². The van der Waals surface area contributed by atoms with Gasteiger partial charge in [0.05, 0.1) is 65.9 Å². The van der Waals surface area contributed by atoms with Gasteiger partial charge in [0.1, 0.15) is 44.8 Å². The summed E-state index contributed by atoms with van der Waals surface area (Å²) in [7, 11) is 11.9. The minimum Gasteiger partial charge on any atom is -0.351 e. The molecule has 0 spiro atoms. The Morgan fingerprint density at radius 3 is 0.973 bits per heavy atom. The molecule has 2 fully saturated rings. The van der Waals surface area contributed by atoms with E-state index in [9.17, 15) is 19.2 Å². The van der Waals surface area contributed by atoms with Crippen LogP contribution in [-0.2, 0) is 0 Å². The number of para-hydroxylation sites is 4. The molecule has 35 nitrogen and oxygen atoms in total. The number of carbonyl (C=O) groups excluding carboxylic acids is 4. The Morgan fingerprint density at radius 1 is 0.333 bits per heavy atom. The summed E-state index contributed by atoms with van der Waals surface area (Å²) >= 11 is 0. The third kappa shape index (κ3) is 18.5. The summed E-state index contributed by atoms with van der Waals surface area (Å²) in [5.41, 5.74) is 20.9. The zero-order valence-corrected chi connectivity index (χ0v) is 81.1. The molecular weight excluding hydrogens is 1840 g/mol. The van der Waals surface area contributed by atoms with Crippen LogP contribution in [0.15, 0.2) is 268 Å². The maximum Gasteiger partial charge on any atom is 0.255 e. The van der Waals surface area contributed by atoms with E-state index >= 15 is 0 Å². The number of amides is 4. The largest absolute Gasteiger partial charge is 0.351 e. The number of aromatic amines is 8. The fraction of sp³-hybridized carbons (Fsp3) is 0.179. The van der Waals surface area contributed by atoms with Crippen LogP contribution >= 0.6 is 0 Å². The quantitative estimate of drug-likeness (QED) is 0.0337. The van der Waals surface area contributed by atoms with Gasteiger partial charge >= 0.3 is 0 Å². The Bertz CT molecular complexity index is 9150. The van der Waals surface area contributed by atoms with Crippen LogP contribution in [0.4, 0.5) is 0 Å². The van der Waals surface area contributed by atoms with Crippen molar-refractivity contribution < 1.29 is 19.2 Å². The number of carbonyl (C=O) groups is 4. The van der Waals surface area contributed by atoms with Gasteiger partial charge in [-0.2, -0.15) is 20.4 Å². The maximum absolute atomic E-state index is 13.2. The average molecular weight is 1940 g/mol. The number of fused-ring (bicyclic) bond motifs is 12. The van der Waals surface area contributed by atoms with Crippen LogP contribution < -0.4 is 16.0 Å². The predicted molar refractivity (Wildman–Crippen MR) is 573 cm³/mol. The Kier molecular flexibility index (Phi) is 25.0. The minimum absolute atomic E-state index is 0.0626. The van der Waals surface area contributed by atoms with E-state index in [0.717, 1.165) is 194 Å². The van der Waals surface area contributed by atoms with Crippen molar-refractivity contribution in [3.05, 3.63) is 291 Å². The van der Waals surface area contributed by atoms with Gasteiger partial charge in [-0.1, -0.05) is 134 Å². The summed E-state index contributed by atoms with van der Waals surface area (Å²) in [5.74, 6) is 2.03. The highest BCUT2D eigenvalue weighted by Gasteiger charge is 2.29. The van der Waals surface area contributed by atoms with Gasteiger partial charge in [-0.25, -0.2) is 39.9 Å². The normalized spacial score (nSPS) is 13.1. The molecule has 8 aromatic carbocycles. The van der Waals surface area contributed by atoms with Crippen molar-refractivity contribution >= 4 is 155 Å². The van der Waals surface area contributed by atoms with Crippen LogP contribution in [0.3, 0.4) is 0 Å². The number of rotatable bonds is 20. The Hall–Kier alpha value is -18.5. The number of hydrogen-bond acceptors (Lipinski definition) is 23. The van der Waals surface area contributed by atoms with Crippen molar-refractivity contribution in [1.29, 1.82) is 0 Å². The zero-order valence-electron chi connectivity index (χ0n) is 81.1. The van der Waals surface area contributed by atoms with Gasteiger partial charge in [-0.3, -0.25) is 59.5 Å². The lowest BCUT2D eigenvalue weighted by molar-refractivity contribution is 0.0787. The number of H-pyrrole nitrogens is 8. The van der Waals surface area contributed by atoms with Crippen LogP contribution in [0.1, 0.15) is 80.0 Å². The molecule has 17 heterocycles. The lowest BCUT2D eigenvalue weighted by Gasteiger charge is -2.29. The van der Waals surface area contributed by atoms with E-state index in [2.05, 4.69) is 188 Å². The first kappa shape index (κ1) is 92.2. The molecule has 11 N–H and O–H groups in total. The fourth-order valence-corrected chi connectivity index (χ4v) is 19.5. The molecule has 35 heteroatoms. The van der Waals surface area contributed by atoms with Crippen molar-refractivity contribution in [1.82, 2.24) is 156 Å². The first-order valence-electron chi connectivity index (χ1n) is 48.7. The number of nitrogens with zero attached hydrogens (tertiary/aromatic N) is 20. The third-order valence-corrected chi connectivity index (χ3v) is 27.3. The lowest BCUT2D eigenvalue weighted by Crippen LogP contribution is -2.43. The summed E-state index contributed by atoms with van der Waals surface area (Å²) in [4.78, 5) is 129. The Balaban J connectivity index is 0.000000108. The van der Waals surface area contributed by atoms with Crippen LogP contribution in [0.5, 0.6) is 0 Å². The molecule has 24 aromatic rings. The molecule has 147 heavy (non-hydrogen) atoms. The summed E-state index contributed by atoms with van der Waals surface area (Å²) in [6, 6.07) is 63.7. The van der Waals surface area contributed by atoms with E-state index in [4.69, 9.17) is 19.9 Å². The average Bonchev–Trinajstić information content (AvgIpc) is 1.62. The van der Waals surface area contributed by atoms with Crippen molar-refractivity contribution in [3.63, 3.8) is 0 Å².